The molecule has 1 amide bonds. The number of fused-ring (bicyclic) bond motifs is 2. The van der Waals surface area contributed by atoms with Crippen LogP contribution in [0.3, 0.4) is 0 Å². The Kier molecular flexibility index (Phi) is 4.60. The minimum Gasteiger partial charge on any atom is -0.353 e. The minimum atomic E-state index is 0.201. The van der Waals surface area contributed by atoms with E-state index in [1.165, 1.54) is 10.8 Å². The van der Waals surface area contributed by atoms with E-state index in [9.17, 15) is 4.79 Å². The van der Waals surface area contributed by atoms with Gasteiger partial charge in [0.2, 0.25) is 5.91 Å². The van der Waals surface area contributed by atoms with Gasteiger partial charge in [0.1, 0.15) is 5.82 Å². The lowest BCUT2D eigenvalue weighted by Crippen LogP contribution is -2.49. The lowest BCUT2D eigenvalue weighted by Gasteiger charge is -2.35. The second-order valence-electron chi connectivity index (χ2n) is 7.55. The monoisotopic (exact) mass is 381 g/mol. The Morgan fingerprint density at radius 3 is 2.34 bits per heavy atom. The number of aromatic nitrogens is 1. The van der Waals surface area contributed by atoms with Crippen molar-refractivity contribution in [3.8, 4) is 0 Å². The number of para-hydroxylation sites is 1. The molecule has 4 aromatic rings. The average Bonchev–Trinajstić information content (AvgIpc) is 2.79. The third-order valence-corrected chi connectivity index (χ3v) is 5.76. The van der Waals surface area contributed by atoms with Gasteiger partial charge in [-0.15, -0.1) is 0 Å². The smallest absolute Gasteiger partial charge is 0.227 e. The van der Waals surface area contributed by atoms with Crippen molar-refractivity contribution in [1.82, 2.24) is 9.88 Å². The highest BCUT2D eigenvalue weighted by Crippen LogP contribution is 2.21. The number of hydrogen-bond acceptors (Lipinski definition) is 3. The molecule has 5 rings (SSSR count). The van der Waals surface area contributed by atoms with E-state index in [0.717, 1.165) is 48.5 Å². The molecule has 0 spiro atoms. The second-order valence-corrected chi connectivity index (χ2v) is 7.55. The third-order valence-electron chi connectivity index (χ3n) is 5.76. The molecular weight excluding hydrogens is 358 g/mol. The fourth-order valence-corrected chi connectivity index (χ4v) is 4.14. The van der Waals surface area contributed by atoms with Crippen LogP contribution in [0.15, 0.2) is 78.9 Å². The predicted octanol–water partition coefficient (Wildman–Crippen LogP) is 4.28. The van der Waals surface area contributed by atoms with E-state index in [1.807, 2.05) is 41.3 Å². The Labute approximate surface area is 170 Å². The summed E-state index contributed by atoms with van der Waals surface area (Å²) < 4.78 is 0. The Morgan fingerprint density at radius 2 is 1.48 bits per heavy atom. The van der Waals surface area contributed by atoms with Gasteiger partial charge in [-0.3, -0.25) is 4.79 Å². The molecule has 1 aromatic heterocycles. The molecule has 0 bridgehead atoms. The average molecular weight is 381 g/mol. The highest BCUT2D eigenvalue weighted by Gasteiger charge is 2.22. The number of amides is 1. The molecule has 1 saturated heterocycles. The van der Waals surface area contributed by atoms with E-state index in [-0.39, 0.29) is 5.91 Å². The molecule has 4 nitrogen and oxygen atoms in total. The van der Waals surface area contributed by atoms with Crippen LogP contribution in [0.2, 0.25) is 0 Å². The van der Waals surface area contributed by atoms with Crippen LogP contribution in [0.25, 0.3) is 21.7 Å². The summed E-state index contributed by atoms with van der Waals surface area (Å²) in [6.45, 7) is 3.09. The zero-order valence-electron chi connectivity index (χ0n) is 16.3. The molecule has 2 heterocycles. The molecule has 0 saturated carbocycles. The molecule has 29 heavy (non-hydrogen) atoms. The number of carbonyl (C=O) groups is 1. The summed E-state index contributed by atoms with van der Waals surface area (Å²) in [7, 11) is 0. The van der Waals surface area contributed by atoms with E-state index in [2.05, 4.69) is 47.4 Å². The molecule has 1 aliphatic heterocycles. The van der Waals surface area contributed by atoms with Gasteiger partial charge in [0, 0.05) is 31.6 Å². The first kappa shape index (κ1) is 17.7. The van der Waals surface area contributed by atoms with E-state index in [1.54, 1.807) is 0 Å². The minimum absolute atomic E-state index is 0.201. The standard InChI is InChI=1S/C25H23N3O/c29-25(18-21-9-5-8-19-6-1-3-10-22(19)21)28-16-14-27(15-17-28)24-13-12-20-7-2-4-11-23(20)26-24/h1-13H,14-18H2. The molecule has 0 aliphatic carbocycles. The normalized spacial score (nSPS) is 14.5. The van der Waals surface area contributed by atoms with Crippen molar-refractivity contribution in [3.63, 3.8) is 0 Å². The third kappa shape index (κ3) is 3.54. The summed E-state index contributed by atoms with van der Waals surface area (Å²) in [4.78, 5) is 22.0. The highest BCUT2D eigenvalue weighted by molar-refractivity contribution is 5.90. The Hall–Kier alpha value is -3.40. The van der Waals surface area contributed by atoms with Crippen LogP contribution >= 0.6 is 0 Å². The van der Waals surface area contributed by atoms with Gasteiger partial charge in [-0.05, 0) is 34.5 Å². The number of anilines is 1. The fraction of sp³-hybridized carbons (Fsp3) is 0.200. The molecule has 1 fully saturated rings. The van der Waals surface area contributed by atoms with Gasteiger partial charge in [0.25, 0.3) is 0 Å². The Bertz CT molecular complexity index is 1170. The quantitative estimate of drug-likeness (QED) is 0.531. The summed E-state index contributed by atoms with van der Waals surface area (Å²) >= 11 is 0. The maximum absolute atomic E-state index is 12.9. The van der Waals surface area contributed by atoms with Crippen molar-refractivity contribution < 1.29 is 4.79 Å². The van der Waals surface area contributed by atoms with E-state index >= 15 is 0 Å². The van der Waals surface area contributed by atoms with E-state index < -0.39 is 0 Å². The van der Waals surface area contributed by atoms with Gasteiger partial charge in [-0.2, -0.15) is 0 Å². The number of nitrogens with zero attached hydrogens (tertiary/aromatic N) is 3. The van der Waals surface area contributed by atoms with Gasteiger partial charge < -0.3 is 9.80 Å². The summed E-state index contributed by atoms with van der Waals surface area (Å²) in [5.74, 6) is 1.19. The van der Waals surface area contributed by atoms with Crippen molar-refractivity contribution in [2.24, 2.45) is 0 Å². The molecule has 0 atom stereocenters. The zero-order chi connectivity index (χ0) is 19.6. The number of benzene rings is 3. The number of rotatable bonds is 3. The largest absolute Gasteiger partial charge is 0.353 e. The van der Waals surface area contributed by atoms with Crippen LogP contribution in [0.4, 0.5) is 5.82 Å². The topological polar surface area (TPSA) is 36.4 Å². The molecule has 3 aromatic carbocycles. The van der Waals surface area contributed by atoms with Crippen molar-refractivity contribution >= 4 is 33.4 Å². The van der Waals surface area contributed by atoms with Crippen molar-refractivity contribution in [1.29, 1.82) is 0 Å². The van der Waals surface area contributed by atoms with E-state index in [0.29, 0.717) is 6.42 Å². The van der Waals surface area contributed by atoms with Gasteiger partial charge in [0.05, 0.1) is 11.9 Å². The highest BCUT2D eigenvalue weighted by atomic mass is 16.2. The van der Waals surface area contributed by atoms with Crippen molar-refractivity contribution in [3.05, 3.63) is 84.4 Å². The maximum Gasteiger partial charge on any atom is 0.227 e. The molecule has 4 heteroatoms. The first-order valence-corrected chi connectivity index (χ1v) is 10.1. The summed E-state index contributed by atoms with van der Waals surface area (Å²) in [5.41, 5.74) is 2.12. The van der Waals surface area contributed by atoms with Crippen LogP contribution < -0.4 is 4.90 Å². The Morgan fingerprint density at radius 1 is 0.759 bits per heavy atom. The summed E-state index contributed by atoms with van der Waals surface area (Å²) in [6, 6.07) is 26.8. The van der Waals surface area contributed by atoms with Gasteiger partial charge in [0.15, 0.2) is 0 Å². The molecule has 1 aliphatic rings. The van der Waals surface area contributed by atoms with Crippen molar-refractivity contribution in [2.75, 3.05) is 31.1 Å². The predicted molar refractivity (Wildman–Crippen MR) is 118 cm³/mol. The van der Waals surface area contributed by atoms with Crippen LogP contribution in [-0.4, -0.2) is 42.0 Å². The zero-order valence-corrected chi connectivity index (χ0v) is 16.3. The Balaban J connectivity index is 1.26. The molecule has 0 radical (unpaired) electrons. The van der Waals surface area contributed by atoms with Crippen LogP contribution in [-0.2, 0) is 11.2 Å². The molecule has 0 N–H and O–H groups in total. The summed E-state index contributed by atoms with van der Waals surface area (Å²) in [5, 5.41) is 3.51. The number of piperazine rings is 1. The fourth-order valence-electron chi connectivity index (χ4n) is 4.14. The first-order valence-electron chi connectivity index (χ1n) is 10.1. The molecule has 144 valence electrons. The van der Waals surface area contributed by atoms with Crippen LogP contribution in [0.5, 0.6) is 0 Å². The maximum atomic E-state index is 12.9. The van der Waals surface area contributed by atoms with Gasteiger partial charge >= 0.3 is 0 Å². The number of pyridine rings is 1. The first-order chi connectivity index (χ1) is 14.3. The van der Waals surface area contributed by atoms with Crippen LogP contribution in [0.1, 0.15) is 5.56 Å². The second kappa shape index (κ2) is 7.55. The summed E-state index contributed by atoms with van der Waals surface area (Å²) in [6.07, 6.45) is 0.454. The molecule has 0 unspecified atom stereocenters. The van der Waals surface area contributed by atoms with E-state index in [4.69, 9.17) is 4.98 Å². The van der Waals surface area contributed by atoms with Crippen molar-refractivity contribution in [2.45, 2.75) is 6.42 Å². The van der Waals surface area contributed by atoms with Crippen LogP contribution in [0, 0.1) is 0 Å². The SMILES string of the molecule is O=C(Cc1cccc2ccccc12)N1CCN(c2ccc3ccccc3n2)CC1. The molecular formula is C25H23N3O. The number of hydrogen-bond donors (Lipinski definition) is 0. The number of carbonyl (C=O) groups excluding carboxylic acids is 1. The van der Waals surface area contributed by atoms with Gasteiger partial charge in [-0.1, -0.05) is 60.7 Å². The lowest BCUT2D eigenvalue weighted by molar-refractivity contribution is -0.130. The lowest BCUT2D eigenvalue weighted by atomic mass is 10.0. The van der Waals surface area contributed by atoms with Gasteiger partial charge in [-0.25, -0.2) is 4.98 Å².